The molecule has 1 aliphatic rings. The zero-order valence-corrected chi connectivity index (χ0v) is 11.5. The summed E-state index contributed by atoms with van der Waals surface area (Å²) >= 11 is 4.98. The van der Waals surface area contributed by atoms with Gasteiger partial charge in [0.05, 0.1) is 6.10 Å². The third-order valence-electron chi connectivity index (χ3n) is 3.62. The summed E-state index contributed by atoms with van der Waals surface area (Å²) in [6.45, 7) is 4.74. The molecule has 2 rings (SSSR count). The number of likely N-dealkylation sites (tertiary alicyclic amines) is 1. The monoisotopic (exact) mass is 264 g/mol. The Balaban J connectivity index is 2.01. The first-order valence-corrected chi connectivity index (χ1v) is 6.76. The number of nitrogens with two attached hydrogens (primary N) is 1. The molecule has 1 aliphatic heterocycles. The van der Waals surface area contributed by atoms with Crippen LogP contribution in [-0.2, 0) is 6.54 Å². The third-order valence-corrected chi connectivity index (χ3v) is 3.86. The summed E-state index contributed by atoms with van der Waals surface area (Å²) in [7, 11) is 0. The summed E-state index contributed by atoms with van der Waals surface area (Å²) in [4.78, 5) is 2.72. The van der Waals surface area contributed by atoms with Crippen molar-refractivity contribution >= 4 is 17.2 Å². The van der Waals surface area contributed by atoms with E-state index in [0.29, 0.717) is 10.9 Å². The molecule has 3 nitrogen and oxygen atoms in total. The predicted octanol–water partition coefficient (Wildman–Crippen LogP) is 1.52. The van der Waals surface area contributed by atoms with Crippen LogP contribution in [-0.4, -0.2) is 34.2 Å². The van der Waals surface area contributed by atoms with Crippen LogP contribution in [0.2, 0.25) is 0 Å². The second-order valence-electron chi connectivity index (χ2n) is 5.13. The molecule has 0 bridgehead atoms. The summed E-state index contributed by atoms with van der Waals surface area (Å²) in [5, 5.41) is 9.89. The van der Waals surface area contributed by atoms with Crippen LogP contribution in [0.5, 0.6) is 0 Å². The number of thiocarbonyl (C=S) groups is 1. The van der Waals surface area contributed by atoms with Gasteiger partial charge in [0.25, 0.3) is 0 Å². The summed E-state index contributed by atoms with van der Waals surface area (Å²) in [6.07, 6.45) is 0.841. The predicted molar refractivity (Wildman–Crippen MR) is 77.4 cm³/mol. The molecule has 0 radical (unpaired) electrons. The Kier molecular flexibility index (Phi) is 4.32. The van der Waals surface area contributed by atoms with E-state index < -0.39 is 0 Å². The molecule has 0 saturated carbocycles. The fourth-order valence-corrected chi connectivity index (χ4v) is 2.47. The lowest BCUT2D eigenvalue weighted by Crippen LogP contribution is -2.42. The highest BCUT2D eigenvalue weighted by Gasteiger charge is 2.23. The van der Waals surface area contributed by atoms with Gasteiger partial charge in [-0.3, -0.25) is 4.90 Å². The number of β-amino-alcohol motifs (C(OH)–C–C–N with tert-alkyl or cyclic N) is 1. The van der Waals surface area contributed by atoms with Gasteiger partial charge in [0.2, 0.25) is 0 Å². The molecule has 1 aromatic rings. The number of piperidine rings is 1. The number of rotatable bonds is 3. The van der Waals surface area contributed by atoms with Gasteiger partial charge in [0.15, 0.2) is 0 Å². The van der Waals surface area contributed by atoms with Gasteiger partial charge in [0, 0.05) is 18.7 Å². The molecule has 0 spiro atoms. The Morgan fingerprint density at radius 1 is 1.56 bits per heavy atom. The quantitative estimate of drug-likeness (QED) is 0.813. The fourth-order valence-electron chi connectivity index (χ4n) is 2.34. The van der Waals surface area contributed by atoms with Crippen LogP contribution in [0.1, 0.15) is 24.5 Å². The second kappa shape index (κ2) is 5.78. The van der Waals surface area contributed by atoms with Crippen LogP contribution in [0.25, 0.3) is 0 Å². The van der Waals surface area contributed by atoms with Gasteiger partial charge in [-0.25, -0.2) is 0 Å². The van der Waals surface area contributed by atoms with Crippen molar-refractivity contribution in [3.8, 4) is 0 Å². The number of nitrogens with zero attached hydrogens (tertiary/aromatic N) is 1. The van der Waals surface area contributed by atoms with Gasteiger partial charge in [0.1, 0.15) is 4.99 Å². The fraction of sp³-hybridized carbons (Fsp3) is 0.500. The van der Waals surface area contributed by atoms with Crippen LogP contribution in [0.15, 0.2) is 24.3 Å². The van der Waals surface area contributed by atoms with Crippen molar-refractivity contribution < 1.29 is 5.11 Å². The van der Waals surface area contributed by atoms with Crippen LogP contribution >= 0.6 is 12.2 Å². The summed E-state index contributed by atoms with van der Waals surface area (Å²) in [5.74, 6) is 0.407. The molecule has 4 heteroatoms. The van der Waals surface area contributed by atoms with E-state index in [1.165, 1.54) is 5.56 Å². The minimum absolute atomic E-state index is 0.211. The molecule has 0 aromatic heterocycles. The summed E-state index contributed by atoms with van der Waals surface area (Å²) in [5.41, 5.74) is 7.74. The van der Waals surface area contributed by atoms with E-state index >= 15 is 0 Å². The molecule has 1 fully saturated rings. The normalized spacial score (nSPS) is 25.0. The topological polar surface area (TPSA) is 49.5 Å². The minimum Gasteiger partial charge on any atom is -0.392 e. The SMILES string of the molecule is CC1CCN(Cc2cccc(C(N)=S)c2)CC1O. The highest BCUT2D eigenvalue weighted by atomic mass is 32.1. The highest BCUT2D eigenvalue weighted by Crippen LogP contribution is 2.19. The average Bonchev–Trinajstić information content (AvgIpc) is 2.34. The number of aliphatic hydroxyl groups excluding tert-OH is 1. The van der Waals surface area contributed by atoms with Crippen molar-refractivity contribution in [3.05, 3.63) is 35.4 Å². The molecule has 1 heterocycles. The molecule has 3 N–H and O–H groups in total. The van der Waals surface area contributed by atoms with Crippen LogP contribution in [0.3, 0.4) is 0 Å². The Hall–Kier alpha value is -0.970. The van der Waals surface area contributed by atoms with Crippen molar-refractivity contribution in [2.24, 2.45) is 11.7 Å². The maximum Gasteiger partial charge on any atom is 0.103 e. The van der Waals surface area contributed by atoms with Gasteiger partial charge in [-0.2, -0.15) is 0 Å². The molecule has 98 valence electrons. The zero-order valence-electron chi connectivity index (χ0n) is 10.7. The van der Waals surface area contributed by atoms with Gasteiger partial charge >= 0.3 is 0 Å². The number of benzene rings is 1. The van der Waals surface area contributed by atoms with E-state index in [4.69, 9.17) is 18.0 Å². The molecule has 1 saturated heterocycles. The maximum absolute atomic E-state index is 9.89. The number of hydrogen-bond donors (Lipinski definition) is 2. The van der Waals surface area contributed by atoms with E-state index in [0.717, 1.165) is 31.6 Å². The Morgan fingerprint density at radius 2 is 2.33 bits per heavy atom. The first-order valence-electron chi connectivity index (χ1n) is 6.35. The van der Waals surface area contributed by atoms with Crippen molar-refractivity contribution in [2.75, 3.05) is 13.1 Å². The molecule has 2 unspecified atom stereocenters. The molecular formula is C14H20N2OS. The van der Waals surface area contributed by atoms with Crippen molar-refractivity contribution in [3.63, 3.8) is 0 Å². The minimum atomic E-state index is -0.211. The molecule has 0 amide bonds. The number of aliphatic hydroxyl groups is 1. The molecule has 0 aliphatic carbocycles. The first-order chi connectivity index (χ1) is 8.56. The molecule has 18 heavy (non-hydrogen) atoms. The van der Waals surface area contributed by atoms with E-state index in [-0.39, 0.29) is 6.10 Å². The van der Waals surface area contributed by atoms with Gasteiger partial charge in [-0.15, -0.1) is 0 Å². The average molecular weight is 264 g/mol. The summed E-state index contributed by atoms with van der Waals surface area (Å²) in [6, 6.07) is 8.02. The molecular weight excluding hydrogens is 244 g/mol. The van der Waals surface area contributed by atoms with E-state index in [2.05, 4.69) is 17.9 Å². The number of hydrogen-bond acceptors (Lipinski definition) is 3. The zero-order chi connectivity index (χ0) is 13.1. The largest absolute Gasteiger partial charge is 0.392 e. The standard InChI is InChI=1S/C14H20N2OS/c1-10-5-6-16(9-13(10)17)8-11-3-2-4-12(7-11)14(15)18/h2-4,7,10,13,17H,5-6,8-9H2,1H3,(H2,15,18). The van der Waals surface area contributed by atoms with Gasteiger partial charge in [-0.1, -0.05) is 37.3 Å². The highest BCUT2D eigenvalue weighted by molar-refractivity contribution is 7.80. The van der Waals surface area contributed by atoms with Gasteiger partial charge in [-0.05, 0) is 30.5 Å². The summed E-state index contributed by atoms with van der Waals surface area (Å²) < 4.78 is 0. The molecule has 1 aromatic carbocycles. The van der Waals surface area contributed by atoms with E-state index in [1.54, 1.807) is 0 Å². The lowest BCUT2D eigenvalue weighted by molar-refractivity contribution is 0.0259. The first kappa shape index (κ1) is 13.5. The van der Waals surface area contributed by atoms with E-state index in [9.17, 15) is 5.11 Å². The Morgan fingerprint density at radius 3 is 3.00 bits per heavy atom. The third kappa shape index (κ3) is 3.28. The maximum atomic E-state index is 9.89. The van der Waals surface area contributed by atoms with Crippen molar-refractivity contribution in [1.82, 2.24) is 4.90 Å². The van der Waals surface area contributed by atoms with Crippen LogP contribution in [0, 0.1) is 5.92 Å². The van der Waals surface area contributed by atoms with Gasteiger partial charge < -0.3 is 10.8 Å². The van der Waals surface area contributed by atoms with Crippen LogP contribution in [0.4, 0.5) is 0 Å². The molecule has 2 atom stereocenters. The smallest absolute Gasteiger partial charge is 0.103 e. The second-order valence-corrected chi connectivity index (χ2v) is 5.57. The lowest BCUT2D eigenvalue weighted by atomic mass is 9.95. The Labute approximate surface area is 114 Å². The van der Waals surface area contributed by atoms with E-state index in [1.807, 2.05) is 18.2 Å². The van der Waals surface area contributed by atoms with Crippen LogP contribution < -0.4 is 5.73 Å². The Bertz CT molecular complexity index is 436. The lowest BCUT2D eigenvalue weighted by Gasteiger charge is -2.34. The van der Waals surface area contributed by atoms with Crippen molar-refractivity contribution in [1.29, 1.82) is 0 Å². The van der Waals surface area contributed by atoms with Crippen molar-refractivity contribution in [2.45, 2.75) is 26.0 Å².